The summed E-state index contributed by atoms with van der Waals surface area (Å²) in [6.45, 7) is 5.59. The van der Waals surface area contributed by atoms with Gasteiger partial charge in [-0.25, -0.2) is 17.8 Å². The number of aromatic nitrogens is 3. The van der Waals surface area contributed by atoms with E-state index in [4.69, 9.17) is 9.51 Å². The lowest BCUT2D eigenvalue weighted by Gasteiger charge is -2.27. The number of nitrogens with zero attached hydrogens (tertiary/aromatic N) is 3. The van der Waals surface area contributed by atoms with Crippen molar-refractivity contribution in [1.82, 2.24) is 14.7 Å². The summed E-state index contributed by atoms with van der Waals surface area (Å²) in [5, 5.41) is 4.03. The third-order valence-corrected chi connectivity index (χ3v) is 8.85. The Kier molecular flexibility index (Phi) is 6.94. The Hall–Kier alpha value is -3.41. The lowest BCUT2D eigenvalue weighted by Crippen LogP contribution is -2.27. The number of ether oxygens (including phenoxy) is 1. The SMILES string of the molecule is Cc1noc(C)c1-c1ccc2c(c1)nc([C@H](C)Cc1ccc(OC(F)(F)F)c(F)c1)n2C1CCS(=O)(=O)CC1. The van der Waals surface area contributed by atoms with Crippen molar-refractivity contribution in [1.29, 1.82) is 0 Å². The molecule has 0 amide bonds. The van der Waals surface area contributed by atoms with Gasteiger partial charge in [0.15, 0.2) is 11.6 Å². The Morgan fingerprint density at radius 1 is 1.13 bits per heavy atom. The van der Waals surface area contributed by atoms with Crippen LogP contribution in [0.15, 0.2) is 40.9 Å². The minimum atomic E-state index is -4.99. The summed E-state index contributed by atoms with van der Waals surface area (Å²) in [5.74, 6) is -0.720. The third-order valence-electron chi connectivity index (χ3n) is 7.13. The molecule has 0 bridgehead atoms. The molecule has 39 heavy (non-hydrogen) atoms. The number of hydrogen-bond acceptors (Lipinski definition) is 6. The number of imidazole rings is 1. The third kappa shape index (κ3) is 5.66. The van der Waals surface area contributed by atoms with Gasteiger partial charge in [0.05, 0.1) is 28.2 Å². The molecule has 5 rings (SSSR count). The van der Waals surface area contributed by atoms with Gasteiger partial charge in [-0.05, 0) is 68.5 Å². The zero-order valence-electron chi connectivity index (χ0n) is 21.5. The second-order valence-corrected chi connectivity index (χ2v) is 12.3. The Bertz CT molecular complexity index is 1610. The Morgan fingerprint density at radius 2 is 1.85 bits per heavy atom. The van der Waals surface area contributed by atoms with Gasteiger partial charge in [0.1, 0.15) is 21.4 Å². The predicted octanol–water partition coefficient (Wildman–Crippen LogP) is 6.44. The first-order valence-corrected chi connectivity index (χ1v) is 14.3. The highest BCUT2D eigenvalue weighted by Gasteiger charge is 2.33. The van der Waals surface area contributed by atoms with E-state index in [0.29, 0.717) is 41.9 Å². The monoisotopic (exact) mass is 565 g/mol. The van der Waals surface area contributed by atoms with Crippen LogP contribution in [0.5, 0.6) is 5.75 Å². The highest BCUT2D eigenvalue weighted by molar-refractivity contribution is 7.91. The fourth-order valence-corrected chi connectivity index (χ4v) is 6.83. The second-order valence-electron chi connectivity index (χ2n) is 10.0. The van der Waals surface area contributed by atoms with Gasteiger partial charge in [-0.15, -0.1) is 13.2 Å². The van der Waals surface area contributed by atoms with Crippen LogP contribution in [-0.2, 0) is 16.3 Å². The fraction of sp³-hybridized carbons (Fsp3) is 0.407. The van der Waals surface area contributed by atoms with Crippen LogP contribution in [0.2, 0.25) is 0 Å². The normalized spacial score (nSPS) is 17.0. The van der Waals surface area contributed by atoms with Crippen molar-refractivity contribution >= 4 is 20.9 Å². The molecule has 4 aromatic rings. The maximum atomic E-state index is 14.4. The topological polar surface area (TPSA) is 87.2 Å². The fourth-order valence-electron chi connectivity index (χ4n) is 5.36. The van der Waals surface area contributed by atoms with Gasteiger partial charge in [0.25, 0.3) is 0 Å². The summed E-state index contributed by atoms with van der Waals surface area (Å²) in [6, 6.07) is 9.15. The molecule has 3 heterocycles. The maximum Gasteiger partial charge on any atom is 0.573 e. The second kappa shape index (κ2) is 9.96. The van der Waals surface area contributed by atoms with Crippen LogP contribution < -0.4 is 4.74 Å². The zero-order valence-corrected chi connectivity index (χ0v) is 22.4. The lowest BCUT2D eigenvalue weighted by atomic mass is 9.99. The molecule has 2 aromatic carbocycles. The molecule has 1 fully saturated rings. The van der Waals surface area contributed by atoms with E-state index in [2.05, 4.69) is 14.5 Å². The van der Waals surface area contributed by atoms with Gasteiger partial charge in [-0.1, -0.05) is 24.2 Å². The highest BCUT2D eigenvalue weighted by atomic mass is 32.2. The molecular weight excluding hydrogens is 538 g/mol. The van der Waals surface area contributed by atoms with Crippen LogP contribution in [0.25, 0.3) is 22.2 Å². The van der Waals surface area contributed by atoms with Crippen LogP contribution >= 0.6 is 0 Å². The molecule has 12 heteroatoms. The number of hydrogen-bond donors (Lipinski definition) is 0. The van der Waals surface area contributed by atoms with Crippen molar-refractivity contribution in [2.75, 3.05) is 11.5 Å². The first-order valence-electron chi connectivity index (χ1n) is 12.5. The lowest BCUT2D eigenvalue weighted by molar-refractivity contribution is -0.275. The van der Waals surface area contributed by atoms with Gasteiger partial charge in [0.2, 0.25) is 0 Å². The molecule has 2 aromatic heterocycles. The first-order chi connectivity index (χ1) is 18.3. The number of benzene rings is 2. The molecule has 0 radical (unpaired) electrons. The molecule has 208 valence electrons. The zero-order chi connectivity index (χ0) is 28.1. The van der Waals surface area contributed by atoms with E-state index in [1.807, 2.05) is 39.0 Å². The summed E-state index contributed by atoms with van der Waals surface area (Å²) < 4.78 is 87.4. The number of halogens is 4. The van der Waals surface area contributed by atoms with E-state index in [0.717, 1.165) is 34.5 Å². The molecule has 0 aliphatic carbocycles. The number of alkyl halides is 3. The van der Waals surface area contributed by atoms with E-state index in [1.54, 1.807) is 0 Å². The van der Waals surface area contributed by atoms with Gasteiger partial charge >= 0.3 is 6.36 Å². The average Bonchev–Trinajstić information content (AvgIpc) is 3.39. The van der Waals surface area contributed by atoms with Gasteiger partial charge in [-0.3, -0.25) is 0 Å². The van der Waals surface area contributed by atoms with Crippen LogP contribution in [0.4, 0.5) is 17.6 Å². The molecule has 1 aliphatic heterocycles. The van der Waals surface area contributed by atoms with Gasteiger partial charge in [-0.2, -0.15) is 0 Å². The summed E-state index contributed by atoms with van der Waals surface area (Å²) in [4.78, 5) is 4.93. The molecule has 7 nitrogen and oxygen atoms in total. The molecular formula is C27H27F4N3O4S. The molecule has 0 unspecified atom stereocenters. The maximum absolute atomic E-state index is 14.4. The summed E-state index contributed by atoms with van der Waals surface area (Å²) in [6.07, 6.45) is -3.81. The minimum absolute atomic E-state index is 0.0776. The van der Waals surface area contributed by atoms with Crippen LogP contribution in [0.1, 0.15) is 54.6 Å². The van der Waals surface area contributed by atoms with Crippen LogP contribution in [0, 0.1) is 19.7 Å². The van der Waals surface area contributed by atoms with Gasteiger partial charge < -0.3 is 13.8 Å². The minimum Gasteiger partial charge on any atom is -0.403 e. The number of rotatable bonds is 6. The van der Waals surface area contributed by atoms with Crippen molar-refractivity contribution in [3.8, 4) is 16.9 Å². The summed E-state index contributed by atoms with van der Waals surface area (Å²) in [7, 11) is -3.09. The highest BCUT2D eigenvalue weighted by Crippen LogP contribution is 2.36. The molecule has 0 N–H and O–H groups in total. The van der Waals surface area contributed by atoms with Crippen molar-refractivity contribution in [2.45, 2.75) is 58.4 Å². The first kappa shape index (κ1) is 27.2. The molecule has 1 saturated heterocycles. The van der Waals surface area contributed by atoms with Crippen molar-refractivity contribution in [2.24, 2.45) is 0 Å². The van der Waals surface area contributed by atoms with E-state index >= 15 is 0 Å². The standard InChI is InChI=1S/C27H27F4N3O4S/c1-15(12-18-4-7-24(21(28)13-18)37-27(29,30)31)26-32-22-14-19(25-16(2)33-38-17(25)3)5-6-23(22)34(26)20-8-10-39(35,36)11-9-20/h4-7,13-15,20H,8-12H2,1-3H3/t15-/m1/s1. The summed E-state index contributed by atoms with van der Waals surface area (Å²) in [5.41, 5.74) is 4.55. The molecule has 0 saturated carbocycles. The largest absolute Gasteiger partial charge is 0.573 e. The Morgan fingerprint density at radius 3 is 2.46 bits per heavy atom. The van der Waals surface area contributed by atoms with Crippen molar-refractivity contribution in [3.05, 3.63) is 65.1 Å². The Labute approximate surface area is 222 Å². The molecule has 1 atom stereocenters. The van der Waals surface area contributed by atoms with Crippen molar-refractivity contribution in [3.63, 3.8) is 0 Å². The van der Waals surface area contributed by atoms with Crippen molar-refractivity contribution < 1.29 is 35.2 Å². The quantitative estimate of drug-likeness (QED) is 0.250. The smallest absolute Gasteiger partial charge is 0.403 e. The van der Waals surface area contributed by atoms with Crippen LogP contribution in [-0.4, -0.2) is 41.0 Å². The number of sulfone groups is 1. The van der Waals surface area contributed by atoms with E-state index in [9.17, 15) is 26.0 Å². The number of fused-ring (bicyclic) bond motifs is 1. The summed E-state index contributed by atoms with van der Waals surface area (Å²) >= 11 is 0. The number of aryl methyl sites for hydroxylation is 2. The molecule has 1 aliphatic rings. The predicted molar refractivity (Wildman–Crippen MR) is 137 cm³/mol. The van der Waals surface area contributed by atoms with Crippen LogP contribution in [0.3, 0.4) is 0 Å². The van der Waals surface area contributed by atoms with E-state index in [-0.39, 0.29) is 23.5 Å². The molecule has 0 spiro atoms. The van der Waals surface area contributed by atoms with Gasteiger partial charge in [0, 0.05) is 17.5 Å². The van der Waals surface area contributed by atoms with E-state index in [1.165, 1.54) is 6.07 Å². The Balaban J connectivity index is 1.53. The van der Waals surface area contributed by atoms with E-state index < -0.39 is 27.8 Å². The average molecular weight is 566 g/mol.